The van der Waals surface area contributed by atoms with Gasteiger partial charge in [0, 0.05) is 44.7 Å². The summed E-state index contributed by atoms with van der Waals surface area (Å²) in [5.74, 6) is 1.000. The summed E-state index contributed by atoms with van der Waals surface area (Å²) < 4.78 is 24.2. The van der Waals surface area contributed by atoms with Crippen LogP contribution in [0.4, 0.5) is 10.1 Å². The predicted octanol–water partition coefficient (Wildman–Crippen LogP) is 3.17. The minimum Gasteiger partial charge on any atom is -0.497 e. The van der Waals surface area contributed by atoms with Crippen LogP contribution in [0.25, 0.3) is 11.4 Å². The number of methoxy groups -OCH3 is 1. The molecule has 1 aliphatic rings. The predicted molar refractivity (Wildman–Crippen MR) is 110 cm³/mol. The summed E-state index contributed by atoms with van der Waals surface area (Å²) >= 11 is 0. The van der Waals surface area contributed by atoms with Gasteiger partial charge in [0.2, 0.25) is 17.6 Å². The van der Waals surface area contributed by atoms with Crippen LogP contribution in [0.3, 0.4) is 0 Å². The Morgan fingerprint density at radius 3 is 2.53 bits per heavy atom. The quantitative estimate of drug-likeness (QED) is 0.622. The molecule has 1 fully saturated rings. The molecule has 0 radical (unpaired) electrons. The topological polar surface area (TPSA) is 71.7 Å². The molecule has 0 aliphatic carbocycles. The summed E-state index contributed by atoms with van der Waals surface area (Å²) in [7, 11) is 1.65. The molecule has 8 heteroatoms. The average Bonchev–Trinajstić information content (AvgIpc) is 3.27. The van der Waals surface area contributed by atoms with Crippen molar-refractivity contribution in [1.29, 1.82) is 0 Å². The molecular formula is C22H23FN4O3. The molecule has 30 heavy (non-hydrogen) atoms. The number of carbonyl (C=O) groups is 1. The third-order valence-electron chi connectivity index (χ3n) is 5.21. The molecule has 0 saturated carbocycles. The first-order valence-corrected chi connectivity index (χ1v) is 9.88. The maximum Gasteiger partial charge on any atom is 0.227 e. The average molecular weight is 410 g/mol. The van der Waals surface area contributed by atoms with E-state index in [2.05, 4.69) is 15.0 Å². The number of aryl methyl sites for hydroxylation is 1. The van der Waals surface area contributed by atoms with Gasteiger partial charge in [0.05, 0.1) is 12.7 Å². The highest BCUT2D eigenvalue weighted by atomic mass is 19.1. The summed E-state index contributed by atoms with van der Waals surface area (Å²) in [5, 5.41) is 3.83. The molecule has 0 bridgehead atoms. The van der Waals surface area contributed by atoms with Crippen LogP contribution in [0.15, 0.2) is 53.1 Å². The largest absolute Gasteiger partial charge is 0.497 e. The third-order valence-corrected chi connectivity index (χ3v) is 5.21. The van der Waals surface area contributed by atoms with Crippen LogP contribution in [-0.4, -0.2) is 54.2 Å². The van der Waals surface area contributed by atoms with Gasteiger partial charge >= 0.3 is 0 Å². The molecule has 0 spiro atoms. The van der Waals surface area contributed by atoms with Gasteiger partial charge in [-0.25, -0.2) is 4.39 Å². The lowest BCUT2D eigenvalue weighted by atomic mass is 10.2. The van der Waals surface area contributed by atoms with Crippen LogP contribution >= 0.6 is 0 Å². The van der Waals surface area contributed by atoms with E-state index >= 15 is 0 Å². The number of nitrogens with zero attached hydrogens (tertiary/aromatic N) is 4. The third kappa shape index (κ3) is 4.42. The second-order valence-corrected chi connectivity index (χ2v) is 7.06. The Labute approximate surface area is 174 Å². The first-order chi connectivity index (χ1) is 14.6. The normalized spacial score (nSPS) is 14.1. The van der Waals surface area contributed by atoms with E-state index < -0.39 is 5.82 Å². The number of carbonyl (C=O) groups excluding carboxylic acids is 1. The monoisotopic (exact) mass is 410 g/mol. The zero-order valence-corrected chi connectivity index (χ0v) is 16.8. The fraction of sp³-hybridized carbons (Fsp3) is 0.318. The molecule has 3 aromatic rings. The Balaban J connectivity index is 1.28. The molecule has 1 saturated heterocycles. The van der Waals surface area contributed by atoms with E-state index in [4.69, 9.17) is 9.26 Å². The summed E-state index contributed by atoms with van der Waals surface area (Å²) in [5.41, 5.74) is 1.41. The second kappa shape index (κ2) is 8.94. The second-order valence-electron chi connectivity index (χ2n) is 7.06. The van der Waals surface area contributed by atoms with E-state index in [0.717, 1.165) is 24.5 Å². The highest BCUT2D eigenvalue weighted by Gasteiger charge is 2.22. The number of halogens is 1. The standard InChI is InChI=1S/C22H23FN4O3/c1-29-17-8-6-16(7-9-17)26-12-14-27(15-13-26)21(28)11-10-20-24-22(25-30-20)18-4-2-3-5-19(18)23/h2-9H,10-15H2,1H3. The number of ether oxygens (including phenoxy) is 1. The first kappa shape index (κ1) is 19.9. The number of benzene rings is 2. The zero-order chi connectivity index (χ0) is 20.9. The fourth-order valence-corrected chi connectivity index (χ4v) is 3.49. The highest BCUT2D eigenvalue weighted by molar-refractivity contribution is 5.76. The molecule has 4 rings (SSSR count). The van der Waals surface area contributed by atoms with Gasteiger partial charge < -0.3 is 19.1 Å². The molecule has 2 heterocycles. The number of aromatic nitrogens is 2. The Morgan fingerprint density at radius 1 is 1.10 bits per heavy atom. The Hall–Kier alpha value is -3.42. The van der Waals surface area contributed by atoms with Crippen molar-refractivity contribution in [2.24, 2.45) is 0 Å². The van der Waals surface area contributed by atoms with Crippen LogP contribution in [-0.2, 0) is 11.2 Å². The number of hydrogen-bond acceptors (Lipinski definition) is 6. The fourth-order valence-electron chi connectivity index (χ4n) is 3.49. The molecule has 2 aromatic carbocycles. The number of rotatable bonds is 6. The van der Waals surface area contributed by atoms with Gasteiger partial charge in [-0.2, -0.15) is 4.98 Å². The van der Waals surface area contributed by atoms with Crippen molar-refractivity contribution in [3.05, 3.63) is 60.2 Å². The van der Waals surface area contributed by atoms with Crippen molar-refractivity contribution in [1.82, 2.24) is 15.0 Å². The lowest BCUT2D eigenvalue weighted by molar-refractivity contribution is -0.131. The van der Waals surface area contributed by atoms with E-state index in [0.29, 0.717) is 25.4 Å². The summed E-state index contributed by atoms with van der Waals surface area (Å²) in [6.07, 6.45) is 0.612. The summed E-state index contributed by atoms with van der Waals surface area (Å²) in [6.45, 7) is 2.87. The van der Waals surface area contributed by atoms with Crippen LogP contribution in [0.1, 0.15) is 12.3 Å². The molecule has 1 amide bonds. The van der Waals surface area contributed by atoms with Crippen LogP contribution in [0.2, 0.25) is 0 Å². The minimum absolute atomic E-state index is 0.0509. The van der Waals surface area contributed by atoms with Crippen LogP contribution in [0, 0.1) is 5.82 Å². The van der Waals surface area contributed by atoms with Crippen molar-refractivity contribution in [3.8, 4) is 17.1 Å². The van der Waals surface area contributed by atoms with Crippen molar-refractivity contribution >= 4 is 11.6 Å². The van der Waals surface area contributed by atoms with Crippen LogP contribution < -0.4 is 9.64 Å². The van der Waals surface area contributed by atoms with Crippen LogP contribution in [0.5, 0.6) is 5.75 Å². The molecule has 1 aliphatic heterocycles. The maximum absolute atomic E-state index is 13.8. The lowest BCUT2D eigenvalue weighted by Gasteiger charge is -2.36. The smallest absolute Gasteiger partial charge is 0.227 e. The van der Waals surface area contributed by atoms with E-state index in [1.165, 1.54) is 6.07 Å². The van der Waals surface area contributed by atoms with E-state index in [1.54, 1.807) is 25.3 Å². The molecule has 0 N–H and O–H groups in total. The van der Waals surface area contributed by atoms with E-state index in [-0.39, 0.29) is 23.7 Å². The summed E-state index contributed by atoms with van der Waals surface area (Å²) in [6, 6.07) is 14.2. The molecule has 1 aromatic heterocycles. The van der Waals surface area contributed by atoms with Gasteiger partial charge in [0.15, 0.2) is 0 Å². The number of hydrogen-bond donors (Lipinski definition) is 0. The Bertz CT molecular complexity index is 998. The Morgan fingerprint density at radius 2 is 1.83 bits per heavy atom. The number of amides is 1. The SMILES string of the molecule is COc1ccc(N2CCN(C(=O)CCc3nc(-c4ccccc4F)no3)CC2)cc1. The molecule has 0 unspecified atom stereocenters. The van der Waals surface area contributed by atoms with E-state index in [1.807, 2.05) is 29.2 Å². The molecule has 7 nitrogen and oxygen atoms in total. The van der Waals surface area contributed by atoms with E-state index in [9.17, 15) is 9.18 Å². The van der Waals surface area contributed by atoms with Crippen molar-refractivity contribution in [2.45, 2.75) is 12.8 Å². The minimum atomic E-state index is -0.407. The van der Waals surface area contributed by atoms with Crippen molar-refractivity contribution in [3.63, 3.8) is 0 Å². The van der Waals surface area contributed by atoms with Gasteiger partial charge in [-0.3, -0.25) is 4.79 Å². The first-order valence-electron chi connectivity index (χ1n) is 9.88. The van der Waals surface area contributed by atoms with Crippen molar-refractivity contribution < 1.29 is 18.4 Å². The van der Waals surface area contributed by atoms with Gasteiger partial charge in [0.1, 0.15) is 11.6 Å². The Kier molecular flexibility index (Phi) is 5.92. The lowest BCUT2D eigenvalue weighted by Crippen LogP contribution is -2.48. The molecule has 156 valence electrons. The maximum atomic E-state index is 13.8. The molecular weight excluding hydrogens is 387 g/mol. The highest BCUT2D eigenvalue weighted by Crippen LogP contribution is 2.22. The zero-order valence-electron chi connectivity index (χ0n) is 16.8. The molecule has 0 atom stereocenters. The number of piperazine rings is 1. The number of anilines is 1. The van der Waals surface area contributed by atoms with Gasteiger partial charge in [-0.15, -0.1) is 0 Å². The van der Waals surface area contributed by atoms with Crippen molar-refractivity contribution in [2.75, 3.05) is 38.2 Å². The van der Waals surface area contributed by atoms with Gasteiger partial charge in [0.25, 0.3) is 0 Å². The van der Waals surface area contributed by atoms with Gasteiger partial charge in [-0.05, 0) is 36.4 Å². The summed E-state index contributed by atoms with van der Waals surface area (Å²) in [4.78, 5) is 20.9. The van der Waals surface area contributed by atoms with Gasteiger partial charge in [-0.1, -0.05) is 17.3 Å².